The van der Waals surface area contributed by atoms with Crippen LogP contribution in [0.1, 0.15) is 47.3 Å². The van der Waals surface area contributed by atoms with Gasteiger partial charge in [-0.1, -0.05) is 37.3 Å². The van der Waals surface area contributed by atoms with Crippen LogP contribution in [0.5, 0.6) is 0 Å². The van der Waals surface area contributed by atoms with E-state index in [0.717, 1.165) is 11.6 Å². The van der Waals surface area contributed by atoms with Crippen LogP contribution in [0.2, 0.25) is 0 Å². The monoisotopic (exact) mass is 407 g/mol. The first kappa shape index (κ1) is 22.5. The van der Waals surface area contributed by atoms with Gasteiger partial charge in [0.05, 0.1) is 18.1 Å². The van der Waals surface area contributed by atoms with Crippen molar-refractivity contribution in [2.75, 3.05) is 6.61 Å². The van der Waals surface area contributed by atoms with E-state index in [1.807, 2.05) is 6.92 Å². The largest absolute Gasteiger partial charge is 0.466 e. The number of carbonyl (C=O) groups is 2. The number of ether oxygens (including phenoxy) is 1. The van der Waals surface area contributed by atoms with Gasteiger partial charge < -0.3 is 10.1 Å². The molecule has 0 aliphatic rings. The summed E-state index contributed by atoms with van der Waals surface area (Å²) in [6, 6.07) is 11.8. The lowest BCUT2D eigenvalue weighted by Gasteiger charge is -2.14. The number of nitrogens with one attached hydrogen (secondary N) is 1. The Kier molecular flexibility index (Phi) is 7.82. The summed E-state index contributed by atoms with van der Waals surface area (Å²) < 4.78 is 44.2. The highest BCUT2D eigenvalue weighted by molar-refractivity contribution is 5.94. The molecule has 7 heteroatoms. The molecule has 0 heterocycles. The molecule has 0 aliphatic heterocycles. The molecule has 156 valence electrons. The quantitative estimate of drug-likeness (QED) is 0.642. The normalized spacial score (nSPS) is 12.3. The maximum Gasteiger partial charge on any atom is 0.416 e. The van der Waals surface area contributed by atoms with E-state index < -0.39 is 17.6 Å². The van der Waals surface area contributed by atoms with E-state index >= 15 is 0 Å². The SMILES string of the molecule is CCOC(=O)C(CC)Cc1ccc(C(=O)NCc2ccccc2C(F)(F)F)cc1. The van der Waals surface area contributed by atoms with Crippen molar-refractivity contribution in [2.24, 2.45) is 5.92 Å². The number of hydrogen-bond donors (Lipinski definition) is 1. The molecule has 0 radical (unpaired) electrons. The second-order valence-corrected chi connectivity index (χ2v) is 6.60. The minimum Gasteiger partial charge on any atom is -0.466 e. The van der Waals surface area contributed by atoms with Crippen molar-refractivity contribution in [2.45, 2.75) is 39.4 Å². The molecular weight excluding hydrogens is 383 g/mol. The van der Waals surface area contributed by atoms with Gasteiger partial charge in [0.25, 0.3) is 5.91 Å². The lowest BCUT2D eigenvalue weighted by Crippen LogP contribution is -2.24. The Morgan fingerprint density at radius 3 is 2.28 bits per heavy atom. The molecule has 1 N–H and O–H groups in total. The van der Waals surface area contributed by atoms with E-state index in [2.05, 4.69) is 5.32 Å². The predicted molar refractivity (Wildman–Crippen MR) is 103 cm³/mol. The zero-order valence-electron chi connectivity index (χ0n) is 16.4. The first-order valence-corrected chi connectivity index (χ1v) is 9.45. The van der Waals surface area contributed by atoms with Crippen molar-refractivity contribution in [1.82, 2.24) is 5.32 Å². The van der Waals surface area contributed by atoms with Gasteiger partial charge in [-0.2, -0.15) is 13.2 Å². The van der Waals surface area contributed by atoms with E-state index in [1.165, 1.54) is 18.2 Å². The van der Waals surface area contributed by atoms with E-state index in [0.29, 0.717) is 25.0 Å². The summed E-state index contributed by atoms with van der Waals surface area (Å²) in [5.41, 5.74) is 0.455. The second kappa shape index (κ2) is 10.1. The first-order valence-electron chi connectivity index (χ1n) is 9.45. The van der Waals surface area contributed by atoms with Crippen LogP contribution in [0.3, 0.4) is 0 Å². The molecule has 0 fully saturated rings. The summed E-state index contributed by atoms with van der Waals surface area (Å²) in [5, 5.41) is 2.52. The van der Waals surface area contributed by atoms with Crippen LogP contribution < -0.4 is 5.32 Å². The Labute approximate surface area is 168 Å². The maximum atomic E-state index is 13.0. The number of amides is 1. The number of hydrogen-bond acceptors (Lipinski definition) is 3. The van der Waals surface area contributed by atoms with Gasteiger partial charge in [-0.25, -0.2) is 0 Å². The van der Waals surface area contributed by atoms with Crippen LogP contribution in [-0.2, 0) is 28.7 Å². The maximum absolute atomic E-state index is 13.0. The van der Waals surface area contributed by atoms with Crippen molar-refractivity contribution < 1.29 is 27.5 Å². The number of benzene rings is 2. The van der Waals surface area contributed by atoms with Crippen molar-refractivity contribution in [3.8, 4) is 0 Å². The molecule has 0 saturated heterocycles. The first-order chi connectivity index (χ1) is 13.8. The Balaban J connectivity index is 2.00. The van der Waals surface area contributed by atoms with Gasteiger partial charge in [0.15, 0.2) is 0 Å². The van der Waals surface area contributed by atoms with Crippen LogP contribution in [0, 0.1) is 5.92 Å². The van der Waals surface area contributed by atoms with Crippen LogP contribution in [-0.4, -0.2) is 18.5 Å². The van der Waals surface area contributed by atoms with Gasteiger partial charge >= 0.3 is 12.1 Å². The molecule has 2 aromatic carbocycles. The standard InChI is InChI=1S/C22H24F3NO3/c1-3-16(21(28)29-4-2)13-15-9-11-17(12-10-15)20(27)26-14-18-7-5-6-8-19(18)22(23,24)25/h5-12,16H,3-4,13-14H2,1-2H3,(H,26,27). The molecule has 2 rings (SSSR count). The van der Waals surface area contributed by atoms with Crippen molar-refractivity contribution >= 4 is 11.9 Å². The Bertz CT molecular complexity index is 832. The lowest BCUT2D eigenvalue weighted by atomic mass is 9.96. The van der Waals surface area contributed by atoms with Crippen molar-refractivity contribution in [1.29, 1.82) is 0 Å². The van der Waals surface area contributed by atoms with Gasteiger partial charge in [-0.15, -0.1) is 0 Å². The third kappa shape index (κ3) is 6.34. The Hall–Kier alpha value is -2.83. The minimum atomic E-state index is -4.47. The van der Waals surface area contributed by atoms with Crippen LogP contribution in [0.25, 0.3) is 0 Å². The van der Waals surface area contributed by atoms with Gasteiger partial charge in [-0.3, -0.25) is 9.59 Å². The zero-order chi connectivity index (χ0) is 21.4. The summed E-state index contributed by atoms with van der Waals surface area (Å²) >= 11 is 0. The fraction of sp³-hybridized carbons (Fsp3) is 0.364. The topological polar surface area (TPSA) is 55.4 Å². The molecule has 4 nitrogen and oxygen atoms in total. The molecule has 0 spiro atoms. The number of carbonyl (C=O) groups excluding carboxylic acids is 2. The molecule has 1 atom stereocenters. The Morgan fingerprint density at radius 1 is 1.03 bits per heavy atom. The predicted octanol–water partition coefficient (Wildman–Crippen LogP) is 4.77. The number of rotatable bonds is 8. The van der Waals surface area contributed by atoms with E-state index in [-0.39, 0.29) is 24.0 Å². The molecule has 0 bridgehead atoms. The fourth-order valence-electron chi connectivity index (χ4n) is 2.96. The van der Waals surface area contributed by atoms with Crippen LogP contribution in [0.15, 0.2) is 48.5 Å². The minimum absolute atomic E-state index is 0.00481. The molecule has 2 aromatic rings. The molecule has 1 amide bonds. The highest BCUT2D eigenvalue weighted by Crippen LogP contribution is 2.31. The summed E-state index contributed by atoms with van der Waals surface area (Å²) in [6.45, 7) is 3.76. The average molecular weight is 407 g/mol. The summed E-state index contributed by atoms with van der Waals surface area (Å²) in [7, 11) is 0. The summed E-state index contributed by atoms with van der Waals surface area (Å²) in [5.74, 6) is -0.973. The summed E-state index contributed by atoms with van der Waals surface area (Å²) in [6.07, 6.45) is -3.34. The number of halogens is 3. The fourth-order valence-corrected chi connectivity index (χ4v) is 2.96. The number of esters is 1. The molecular formula is C22H24F3NO3. The van der Waals surface area contributed by atoms with Gasteiger partial charge in [-0.05, 0) is 49.1 Å². The third-order valence-electron chi connectivity index (χ3n) is 4.57. The second-order valence-electron chi connectivity index (χ2n) is 6.60. The highest BCUT2D eigenvalue weighted by atomic mass is 19.4. The molecule has 29 heavy (non-hydrogen) atoms. The average Bonchev–Trinajstić information content (AvgIpc) is 2.70. The number of alkyl halides is 3. The smallest absolute Gasteiger partial charge is 0.416 e. The van der Waals surface area contributed by atoms with Gasteiger partial charge in [0.1, 0.15) is 0 Å². The van der Waals surface area contributed by atoms with E-state index in [1.54, 1.807) is 31.2 Å². The highest BCUT2D eigenvalue weighted by Gasteiger charge is 2.32. The Morgan fingerprint density at radius 2 is 1.69 bits per heavy atom. The van der Waals surface area contributed by atoms with Crippen LogP contribution in [0.4, 0.5) is 13.2 Å². The molecule has 0 aromatic heterocycles. The van der Waals surface area contributed by atoms with E-state index in [9.17, 15) is 22.8 Å². The third-order valence-corrected chi connectivity index (χ3v) is 4.57. The molecule has 1 unspecified atom stereocenters. The zero-order valence-corrected chi connectivity index (χ0v) is 16.4. The lowest BCUT2D eigenvalue weighted by molar-refractivity contribution is -0.148. The van der Waals surface area contributed by atoms with Gasteiger partial charge in [0.2, 0.25) is 0 Å². The van der Waals surface area contributed by atoms with Crippen LogP contribution >= 0.6 is 0 Å². The van der Waals surface area contributed by atoms with Crippen molar-refractivity contribution in [3.63, 3.8) is 0 Å². The van der Waals surface area contributed by atoms with E-state index in [4.69, 9.17) is 4.74 Å². The van der Waals surface area contributed by atoms with Crippen molar-refractivity contribution in [3.05, 3.63) is 70.8 Å². The molecule has 0 saturated carbocycles. The van der Waals surface area contributed by atoms with Gasteiger partial charge in [0, 0.05) is 12.1 Å². The summed E-state index contributed by atoms with van der Waals surface area (Å²) in [4.78, 5) is 24.2. The molecule has 0 aliphatic carbocycles.